The van der Waals surface area contributed by atoms with Crippen molar-refractivity contribution in [1.29, 1.82) is 0 Å². The Labute approximate surface area is 243 Å². The summed E-state index contributed by atoms with van der Waals surface area (Å²) in [7, 11) is 0. The van der Waals surface area contributed by atoms with Crippen LogP contribution < -0.4 is 4.90 Å². The molecule has 7 nitrogen and oxygen atoms in total. The minimum absolute atomic E-state index is 0.0749. The first-order valence-electron chi connectivity index (χ1n) is 14.5. The summed E-state index contributed by atoms with van der Waals surface area (Å²) in [6.07, 6.45) is 3.07. The number of pyridine rings is 1. The molecule has 4 atom stereocenters. The molecule has 7 heteroatoms. The van der Waals surface area contributed by atoms with Crippen LogP contribution in [0.3, 0.4) is 0 Å². The Bertz CT molecular complexity index is 1770. The molecule has 3 aromatic carbocycles. The number of nitrogens with zero attached hydrogens (tertiary/aromatic N) is 2. The normalized spacial score (nSPS) is 22.6. The average Bonchev–Trinajstić information content (AvgIpc) is 3.70. The molecule has 2 aliphatic carbocycles. The number of benzene rings is 3. The molecule has 3 fully saturated rings. The quantitative estimate of drug-likeness (QED) is 0.161. The van der Waals surface area contributed by atoms with Gasteiger partial charge in [-0.05, 0) is 86.4 Å². The van der Waals surface area contributed by atoms with Crippen LogP contribution in [-0.2, 0) is 14.3 Å². The van der Waals surface area contributed by atoms with Gasteiger partial charge in [0.1, 0.15) is 0 Å². The van der Waals surface area contributed by atoms with Crippen molar-refractivity contribution in [1.82, 2.24) is 4.98 Å². The van der Waals surface area contributed by atoms with Gasteiger partial charge in [-0.1, -0.05) is 42.5 Å². The fourth-order valence-electron chi connectivity index (χ4n) is 7.14. The van der Waals surface area contributed by atoms with Crippen LogP contribution in [0.1, 0.15) is 51.1 Å². The number of carbonyl (C=O) groups excluding carboxylic acids is 4. The highest BCUT2D eigenvalue weighted by atomic mass is 16.5. The molecule has 210 valence electrons. The summed E-state index contributed by atoms with van der Waals surface area (Å²) < 4.78 is 5.48. The highest BCUT2D eigenvalue weighted by molar-refractivity contribution is 6.22. The van der Waals surface area contributed by atoms with Crippen molar-refractivity contribution < 1.29 is 23.9 Å². The zero-order valence-corrected chi connectivity index (χ0v) is 23.5. The monoisotopic (exact) mass is 558 g/mol. The largest absolute Gasteiger partial charge is 0.454 e. The summed E-state index contributed by atoms with van der Waals surface area (Å²) in [5, 5.41) is 0.621. The molecule has 1 aromatic heterocycles. The number of para-hydroxylation sites is 1. The molecule has 1 saturated heterocycles. The van der Waals surface area contributed by atoms with E-state index >= 15 is 0 Å². The van der Waals surface area contributed by atoms with Crippen molar-refractivity contribution in [3.05, 3.63) is 95.1 Å². The predicted molar refractivity (Wildman–Crippen MR) is 158 cm³/mol. The van der Waals surface area contributed by atoms with Crippen molar-refractivity contribution in [3.63, 3.8) is 0 Å². The highest BCUT2D eigenvalue weighted by Crippen LogP contribution is 2.56. The second kappa shape index (κ2) is 10.0. The van der Waals surface area contributed by atoms with Gasteiger partial charge in [0.05, 0.1) is 34.3 Å². The summed E-state index contributed by atoms with van der Waals surface area (Å²) >= 11 is 0. The number of ether oxygens (including phenoxy) is 1. The highest BCUT2D eigenvalue weighted by Gasteiger charge is 2.61. The molecule has 2 amide bonds. The van der Waals surface area contributed by atoms with E-state index in [1.54, 1.807) is 36.4 Å². The topological polar surface area (TPSA) is 93.6 Å². The first kappa shape index (κ1) is 26.3. The summed E-state index contributed by atoms with van der Waals surface area (Å²) in [6, 6.07) is 21.5. The Morgan fingerprint density at radius 3 is 2.24 bits per heavy atom. The van der Waals surface area contributed by atoms with Crippen LogP contribution in [-0.4, -0.2) is 35.2 Å². The van der Waals surface area contributed by atoms with Crippen molar-refractivity contribution in [3.8, 4) is 11.3 Å². The van der Waals surface area contributed by atoms with Crippen LogP contribution >= 0.6 is 0 Å². The summed E-state index contributed by atoms with van der Waals surface area (Å²) in [5.41, 5.74) is 5.33. The van der Waals surface area contributed by atoms with Gasteiger partial charge in [-0.2, -0.15) is 0 Å². The van der Waals surface area contributed by atoms with E-state index in [1.165, 1.54) is 4.90 Å². The van der Waals surface area contributed by atoms with E-state index in [4.69, 9.17) is 9.72 Å². The van der Waals surface area contributed by atoms with Gasteiger partial charge in [0.15, 0.2) is 12.4 Å². The molecule has 2 bridgehead atoms. The SMILES string of the molecule is Cc1ccc(C(=O)COC(=O)c2cc(-c3ccc(N4C(=O)C5C6CCC(C6)C5C4=O)cc3)nc3ccccc23)cc1C. The molecule has 0 spiro atoms. The van der Waals surface area contributed by atoms with Gasteiger partial charge in [-0.15, -0.1) is 0 Å². The zero-order valence-electron chi connectivity index (χ0n) is 23.5. The van der Waals surface area contributed by atoms with Gasteiger partial charge in [0.2, 0.25) is 11.8 Å². The lowest BCUT2D eigenvalue weighted by atomic mass is 9.81. The van der Waals surface area contributed by atoms with Crippen molar-refractivity contribution in [2.75, 3.05) is 11.5 Å². The van der Waals surface area contributed by atoms with E-state index < -0.39 is 5.97 Å². The molecule has 4 unspecified atom stereocenters. The Morgan fingerprint density at radius 2 is 1.55 bits per heavy atom. The van der Waals surface area contributed by atoms with Gasteiger partial charge in [0, 0.05) is 16.5 Å². The number of ketones is 1. The molecule has 2 heterocycles. The number of carbonyl (C=O) groups is 4. The molecule has 0 N–H and O–H groups in total. The molecular weight excluding hydrogens is 528 g/mol. The maximum atomic E-state index is 13.3. The molecule has 7 rings (SSSR count). The molecule has 4 aromatic rings. The van der Waals surface area contributed by atoms with Gasteiger partial charge >= 0.3 is 5.97 Å². The zero-order chi connectivity index (χ0) is 29.1. The number of aryl methyl sites for hydroxylation is 2. The minimum atomic E-state index is -0.613. The number of anilines is 1. The first-order chi connectivity index (χ1) is 20.3. The third-order valence-corrected chi connectivity index (χ3v) is 9.45. The average molecular weight is 559 g/mol. The lowest BCUT2D eigenvalue weighted by Crippen LogP contribution is -2.32. The fourth-order valence-corrected chi connectivity index (χ4v) is 7.14. The van der Waals surface area contributed by atoms with E-state index in [2.05, 4.69) is 0 Å². The van der Waals surface area contributed by atoms with Crippen LogP contribution in [0.5, 0.6) is 0 Å². The smallest absolute Gasteiger partial charge is 0.339 e. The Hall–Kier alpha value is -4.65. The first-order valence-corrected chi connectivity index (χ1v) is 14.5. The molecule has 0 radical (unpaired) electrons. The molecule has 1 aliphatic heterocycles. The second-order valence-electron chi connectivity index (χ2n) is 11.8. The Kier molecular flexibility index (Phi) is 6.26. The van der Waals surface area contributed by atoms with Gasteiger partial charge in [-0.25, -0.2) is 9.78 Å². The van der Waals surface area contributed by atoms with Gasteiger partial charge in [0.25, 0.3) is 0 Å². The number of aromatic nitrogens is 1. The van der Waals surface area contributed by atoms with Crippen LogP contribution in [0.4, 0.5) is 5.69 Å². The Balaban J connectivity index is 1.14. The molecule has 2 saturated carbocycles. The number of imide groups is 1. The van der Waals surface area contributed by atoms with E-state index in [9.17, 15) is 19.2 Å². The van der Waals surface area contributed by atoms with Crippen molar-refractivity contribution in [2.45, 2.75) is 33.1 Å². The summed E-state index contributed by atoms with van der Waals surface area (Å²) in [4.78, 5) is 58.7. The van der Waals surface area contributed by atoms with Crippen LogP contribution in [0.15, 0.2) is 72.8 Å². The number of hydrogen-bond donors (Lipinski definition) is 0. The van der Waals surface area contributed by atoms with Gasteiger partial charge in [-0.3, -0.25) is 19.3 Å². The van der Waals surface area contributed by atoms with Crippen LogP contribution in [0.25, 0.3) is 22.2 Å². The maximum absolute atomic E-state index is 13.3. The number of esters is 1. The third-order valence-electron chi connectivity index (χ3n) is 9.45. The van der Waals surface area contributed by atoms with E-state index in [0.29, 0.717) is 45.2 Å². The van der Waals surface area contributed by atoms with Crippen LogP contribution in [0, 0.1) is 37.5 Å². The van der Waals surface area contributed by atoms with E-state index in [1.807, 2.05) is 50.2 Å². The second-order valence-corrected chi connectivity index (χ2v) is 11.8. The minimum Gasteiger partial charge on any atom is -0.454 e. The van der Waals surface area contributed by atoms with Crippen LogP contribution in [0.2, 0.25) is 0 Å². The predicted octanol–water partition coefficient (Wildman–Crippen LogP) is 6.09. The number of fused-ring (bicyclic) bond motifs is 6. The number of Topliss-reactive ketones (excluding diaryl/α,β-unsaturated/α-hetero) is 1. The summed E-state index contributed by atoms with van der Waals surface area (Å²) in [6.45, 7) is 3.54. The fraction of sp³-hybridized carbons (Fsp3) is 0.286. The molecule has 42 heavy (non-hydrogen) atoms. The lowest BCUT2D eigenvalue weighted by molar-refractivity contribution is -0.123. The maximum Gasteiger partial charge on any atom is 0.339 e. The summed E-state index contributed by atoms with van der Waals surface area (Å²) in [5.74, 6) is -0.721. The Morgan fingerprint density at radius 1 is 0.857 bits per heavy atom. The number of hydrogen-bond acceptors (Lipinski definition) is 6. The van der Waals surface area contributed by atoms with E-state index in [-0.39, 0.29) is 36.0 Å². The molecule has 3 aliphatic rings. The van der Waals surface area contributed by atoms with E-state index in [0.717, 1.165) is 36.0 Å². The standard InChI is InChI=1S/C35H30N2O5/c1-19-7-8-22(15-20(19)2)30(38)18-42-35(41)27-17-29(36-28-6-4-3-5-26(27)28)21-11-13-25(14-12-21)37-33(39)31-23-9-10-24(16-23)32(31)34(37)40/h3-8,11-15,17,23-24,31-32H,9-10,16,18H2,1-2H3. The van der Waals surface area contributed by atoms with Crippen molar-refractivity contribution in [2.24, 2.45) is 23.7 Å². The lowest BCUT2D eigenvalue weighted by Gasteiger charge is -2.19. The number of amides is 2. The third kappa shape index (κ3) is 4.23. The van der Waals surface area contributed by atoms with Crippen molar-refractivity contribution >= 4 is 40.2 Å². The van der Waals surface area contributed by atoms with Gasteiger partial charge < -0.3 is 4.74 Å². The number of rotatable bonds is 6. The molecular formula is C35H30N2O5.